The van der Waals surface area contributed by atoms with Gasteiger partial charge >= 0.3 is 0 Å². The van der Waals surface area contributed by atoms with Crippen molar-refractivity contribution in [1.29, 1.82) is 0 Å². The lowest BCUT2D eigenvalue weighted by Gasteiger charge is -2.10. The van der Waals surface area contributed by atoms with Gasteiger partial charge in [0.05, 0.1) is 17.6 Å². The number of nitrogens with one attached hydrogen (secondary N) is 1. The van der Waals surface area contributed by atoms with Crippen molar-refractivity contribution in [2.75, 3.05) is 0 Å². The van der Waals surface area contributed by atoms with Crippen LogP contribution in [0.15, 0.2) is 24.3 Å². The van der Waals surface area contributed by atoms with Crippen LogP contribution in [-0.2, 0) is 17.9 Å². The summed E-state index contributed by atoms with van der Waals surface area (Å²) < 4.78 is 2.29. The SMILES string of the molecule is CCCCCCCn1c(CNC(=O)C2CC2)nc2ccccc21. The van der Waals surface area contributed by atoms with Crippen molar-refractivity contribution in [3.8, 4) is 0 Å². The molecule has 23 heavy (non-hydrogen) atoms. The fraction of sp³-hybridized carbons (Fsp3) is 0.579. The first-order chi connectivity index (χ1) is 11.3. The zero-order chi connectivity index (χ0) is 16.1. The van der Waals surface area contributed by atoms with Gasteiger partial charge in [-0.1, -0.05) is 44.7 Å². The third-order valence-corrected chi connectivity index (χ3v) is 4.59. The summed E-state index contributed by atoms with van der Waals surface area (Å²) in [4.78, 5) is 16.6. The van der Waals surface area contributed by atoms with E-state index in [0.29, 0.717) is 6.54 Å². The average Bonchev–Trinajstić information content (AvgIpc) is 3.36. The highest BCUT2D eigenvalue weighted by Gasteiger charge is 2.29. The van der Waals surface area contributed by atoms with Gasteiger partial charge in [-0.15, -0.1) is 0 Å². The summed E-state index contributed by atoms with van der Waals surface area (Å²) in [7, 11) is 0. The number of benzene rings is 1. The summed E-state index contributed by atoms with van der Waals surface area (Å²) in [6.45, 7) is 3.77. The van der Waals surface area contributed by atoms with E-state index in [0.717, 1.165) is 30.7 Å². The predicted octanol–water partition coefficient (Wildman–Crippen LogP) is 4.03. The normalized spacial score (nSPS) is 14.3. The van der Waals surface area contributed by atoms with E-state index in [2.05, 4.69) is 35.0 Å². The maximum absolute atomic E-state index is 11.9. The highest BCUT2D eigenvalue weighted by Crippen LogP contribution is 2.28. The van der Waals surface area contributed by atoms with Gasteiger partial charge < -0.3 is 9.88 Å². The molecule has 4 heteroatoms. The molecule has 1 amide bonds. The molecule has 0 aliphatic heterocycles. The highest BCUT2D eigenvalue weighted by molar-refractivity contribution is 5.81. The van der Waals surface area contributed by atoms with Crippen molar-refractivity contribution in [2.24, 2.45) is 5.92 Å². The second kappa shape index (κ2) is 7.62. The summed E-state index contributed by atoms with van der Waals surface area (Å²) in [5, 5.41) is 3.05. The first-order valence-corrected chi connectivity index (χ1v) is 9.01. The van der Waals surface area contributed by atoms with E-state index in [-0.39, 0.29) is 11.8 Å². The molecule has 0 bridgehead atoms. The number of carbonyl (C=O) groups is 1. The van der Waals surface area contributed by atoms with E-state index in [1.165, 1.54) is 37.6 Å². The Labute approximate surface area is 138 Å². The van der Waals surface area contributed by atoms with Gasteiger partial charge in [0, 0.05) is 12.5 Å². The smallest absolute Gasteiger partial charge is 0.223 e. The molecule has 4 nitrogen and oxygen atoms in total. The van der Waals surface area contributed by atoms with Crippen molar-refractivity contribution in [3.05, 3.63) is 30.1 Å². The van der Waals surface area contributed by atoms with Gasteiger partial charge in [-0.3, -0.25) is 4.79 Å². The molecule has 0 saturated heterocycles. The number of fused-ring (bicyclic) bond motifs is 1. The van der Waals surface area contributed by atoms with Crippen molar-refractivity contribution in [2.45, 2.75) is 65.0 Å². The Kier molecular flexibility index (Phi) is 5.31. The monoisotopic (exact) mass is 313 g/mol. The molecule has 3 rings (SSSR count). The average molecular weight is 313 g/mol. The van der Waals surface area contributed by atoms with Gasteiger partial charge in [-0.05, 0) is 31.4 Å². The van der Waals surface area contributed by atoms with Crippen LogP contribution >= 0.6 is 0 Å². The van der Waals surface area contributed by atoms with Crippen LogP contribution in [0.25, 0.3) is 11.0 Å². The standard InChI is InChI=1S/C19H27N3O/c1-2-3-4-5-8-13-22-17-10-7-6-9-16(17)21-18(22)14-20-19(23)15-11-12-15/h6-7,9-10,15H,2-5,8,11-14H2,1H3,(H,20,23). The molecule has 1 aromatic carbocycles. The fourth-order valence-electron chi connectivity index (χ4n) is 3.04. The number of amides is 1. The summed E-state index contributed by atoms with van der Waals surface area (Å²) in [6, 6.07) is 8.26. The van der Waals surface area contributed by atoms with Crippen molar-refractivity contribution in [3.63, 3.8) is 0 Å². The lowest BCUT2D eigenvalue weighted by Crippen LogP contribution is -2.26. The third-order valence-electron chi connectivity index (χ3n) is 4.59. The van der Waals surface area contributed by atoms with E-state index < -0.39 is 0 Å². The van der Waals surface area contributed by atoms with Crippen LogP contribution in [0.5, 0.6) is 0 Å². The number of hydrogen-bond donors (Lipinski definition) is 1. The molecular formula is C19H27N3O. The molecule has 0 atom stereocenters. The van der Waals surface area contributed by atoms with E-state index in [9.17, 15) is 4.79 Å². The minimum atomic E-state index is 0.187. The number of hydrogen-bond acceptors (Lipinski definition) is 2. The Morgan fingerprint density at radius 3 is 2.78 bits per heavy atom. The molecule has 2 aromatic rings. The maximum Gasteiger partial charge on any atom is 0.223 e. The topological polar surface area (TPSA) is 46.9 Å². The lowest BCUT2D eigenvalue weighted by molar-refractivity contribution is -0.122. The molecule has 0 unspecified atom stereocenters. The molecule has 1 aliphatic carbocycles. The lowest BCUT2D eigenvalue weighted by atomic mass is 10.1. The Bertz CT molecular complexity index is 658. The summed E-state index contributed by atoms with van der Waals surface area (Å²) >= 11 is 0. The van der Waals surface area contributed by atoms with Gasteiger partial charge in [-0.25, -0.2) is 4.98 Å². The van der Waals surface area contributed by atoms with Crippen LogP contribution in [0.2, 0.25) is 0 Å². The third kappa shape index (κ3) is 4.12. The summed E-state index contributed by atoms with van der Waals surface area (Å²) in [6.07, 6.45) is 8.40. The van der Waals surface area contributed by atoms with Gasteiger partial charge in [0.1, 0.15) is 5.82 Å². The number of unbranched alkanes of at least 4 members (excludes halogenated alkanes) is 4. The Hall–Kier alpha value is -1.84. The number of aromatic nitrogens is 2. The second-order valence-electron chi connectivity index (χ2n) is 6.57. The van der Waals surface area contributed by atoms with Gasteiger partial charge in [0.2, 0.25) is 5.91 Å². The van der Waals surface area contributed by atoms with E-state index in [4.69, 9.17) is 4.98 Å². The maximum atomic E-state index is 11.9. The Morgan fingerprint density at radius 1 is 1.22 bits per heavy atom. The number of carbonyl (C=O) groups excluding carboxylic acids is 1. The Morgan fingerprint density at radius 2 is 2.00 bits per heavy atom. The second-order valence-corrected chi connectivity index (χ2v) is 6.57. The number of nitrogens with zero attached hydrogens (tertiary/aromatic N) is 2. The first kappa shape index (κ1) is 16.0. The van der Waals surface area contributed by atoms with Crippen LogP contribution in [0, 0.1) is 5.92 Å². The van der Waals surface area contributed by atoms with E-state index in [1.54, 1.807) is 0 Å². The number of imidazole rings is 1. The number of para-hydroxylation sites is 2. The van der Waals surface area contributed by atoms with Crippen LogP contribution < -0.4 is 5.32 Å². The molecule has 0 spiro atoms. The molecule has 1 saturated carbocycles. The Balaban J connectivity index is 1.67. The molecule has 1 heterocycles. The number of aryl methyl sites for hydroxylation is 1. The minimum Gasteiger partial charge on any atom is -0.349 e. The first-order valence-electron chi connectivity index (χ1n) is 9.01. The van der Waals surface area contributed by atoms with Crippen molar-refractivity contribution >= 4 is 16.9 Å². The molecule has 0 radical (unpaired) electrons. The molecule has 1 aliphatic rings. The van der Waals surface area contributed by atoms with Crippen molar-refractivity contribution in [1.82, 2.24) is 14.9 Å². The molecule has 1 N–H and O–H groups in total. The van der Waals surface area contributed by atoms with Gasteiger partial charge in [0.15, 0.2) is 0 Å². The quantitative estimate of drug-likeness (QED) is 0.710. The zero-order valence-corrected chi connectivity index (χ0v) is 14.1. The molecule has 1 aromatic heterocycles. The largest absolute Gasteiger partial charge is 0.349 e. The summed E-state index contributed by atoms with van der Waals surface area (Å²) in [5.74, 6) is 1.42. The van der Waals surface area contributed by atoms with Crippen LogP contribution in [0.1, 0.15) is 57.7 Å². The van der Waals surface area contributed by atoms with Crippen LogP contribution in [0.3, 0.4) is 0 Å². The molecule has 1 fully saturated rings. The molecule has 124 valence electrons. The summed E-state index contributed by atoms with van der Waals surface area (Å²) in [5.41, 5.74) is 2.20. The fourth-order valence-corrected chi connectivity index (χ4v) is 3.04. The van der Waals surface area contributed by atoms with E-state index >= 15 is 0 Å². The van der Waals surface area contributed by atoms with Gasteiger partial charge in [-0.2, -0.15) is 0 Å². The van der Waals surface area contributed by atoms with Gasteiger partial charge in [0.25, 0.3) is 0 Å². The predicted molar refractivity (Wildman–Crippen MR) is 93.1 cm³/mol. The van der Waals surface area contributed by atoms with Crippen LogP contribution in [-0.4, -0.2) is 15.5 Å². The van der Waals surface area contributed by atoms with Crippen molar-refractivity contribution < 1.29 is 4.79 Å². The molecular weight excluding hydrogens is 286 g/mol. The minimum absolute atomic E-state index is 0.187. The van der Waals surface area contributed by atoms with E-state index in [1.807, 2.05) is 6.07 Å². The number of rotatable bonds is 9. The zero-order valence-electron chi connectivity index (χ0n) is 14.1. The van der Waals surface area contributed by atoms with Crippen LogP contribution in [0.4, 0.5) is 0 Å². The highest BCUT2D eigenvalue weighted by atomic mass is 16.2.